The first-order chi connectivity index (χ1) is 10.3. The fraction of sp³-hybridized carbons (Fsp3) is 0.684. The van der Waals surface area contributed by atoms with Crippen LogP contribution in [-0.2, 0) is 0 Å². The molecule has 2 N–H and O–H groups in total. The minimum Gasteiger partial charge on any atom is -0.329 e. The molecule has 0 amide bonds. The second kappa shape index (κ2) is 6.93. The molecule has 1 atom stereocenters. The van der Waals surface area contributed by atoms with Gasteiger partial charge in [0.05, 0.1) is 0 Å². The monoisotopic (exact) mass is 286 g/mol. The van der Waals surface area contributed by atoms with Crippen LogP contribution in [0.2, 0.25) is 0 Å². The van der Waals surface area contributed by atoms with Gasteiger partial charge in [0.15, 0.2) is 0 Å². The minimum atomic E-state index is 0.400. The van der Waals surface area contributed by atoms with E-state index in [2.05, 4.69) is 36.1 Å². The average Bonchev–Trinajstić information content (AvgIpc) is 3.38. The Morgan fingerprint density at radius 2 is 1.90 bits per heavy atom. The average molecular weight is 286 g/mol. The lowest BCUT2D eigenvalue weighted by atomic mass is 9.91. The number of hydrogen-bond donors (Lipinski definition) is 1. The number of rotatable bonds is 6. The number of nitrogens with two attached hydrogens (primary N) is 1. The molecule has 0 spiro atoms. The van der Waals surface area contributed by atoms with Crippen LogP contribution >= 0.6 is 0 Å². The van der Waals surface area contributed by atoms with E-state index in [9.17, 15) is 0 Å². The predicted molar refractivity (Wildman–Crippen MR) is 89.5 cm³/mol. The van der Waals surface area contributed by atoms with E-state index in [1.165, 1.54) is 56.1 Å². The molecule has 0 aromatic heterocycles. The van der Waals surface area contributed by atoms with E-state index in [0.29, 0.717) is 6.04 Å². The first kappa shape index (κ1) is 15.1. The van der Waals surface area contributed by atoms with Gasteiger partial charge in [0, 0.05) is 18.6 Å². The molecule has 2 nitrogen and oxygen atoms in total. The van der Waals surface area contributed by atoms with Gasteiger partial charge in [0.2, 0.25) is 0 Å². The molecule has 21 heavy (non-hydrogen) atoms. The van der Waals surface area contributed by atoms with Crippen molar-refractivity contribution in [3.63, 3.8) is 0 Å². The van der Waals surface area contributed by atoms with Crippen molar-refractivity contribution in [1.29, 1.82) is 0 Å². The molecular formula is C19H30N2. The van der Waals surface area contributed by atoms with E-state index in [4.69, 9.17) is 5.73 Å². The van der Waals surface area contributed by atoms with Gasteiger partial charge in [-0.2, -0.15) is 0 Å². The Morgan fingerprint density at radius 3 is 2.52 bits per heavy atom. The van der Waals surface area contributed by atoms with Gasteiger partial charge in [-0.15, -0.1) is 0 Å². The fourth-order valence-corrected chi connectivity index (χ4v) is 4.05. The largest absolute Gasteiger partial charge is 0.329 e. The molecule has 0 radical (unpaired) electrons. The highest BCUT2D eigenvalue weighted by atomic mass is 15.2. The van der Waals surface area contributed by atoms with E-state index in [1.807, 2.05) is 0 Å². The first-order valence-electron chi connectivity index (χ1n) is 8.89. The predicted octanol–water partition coefficient (Wildman–Crippen LogP) is 4.22. The van der Waals surface area contributed by atoms with Crippen LogP contribution in [-0.4, -0.2) is 24.0 Å². The molecule has 1 unspecified atom stereocenters. The van der Waals surface area contributed by atoms with Crippen molar-refractivity contribution < 1.29 is 0 Å². The van der Waals surface area contributed by atoms with Crippen LogP contribution in [0.4, 0.5) is 0 Å². The molecule has 0 aliphatic heterocycles. The van der Waals surface area contributed by atoms with Crippen molar-refractivity contribution in [3.8, 4) is 0 Å². The van der Waals surface area contributed by atoms with E-state index in [0.717, 1.165) is 25.0 Å². The summed E-state index contributed by atoms with van der Waals surface area (Å²) in [6.45, 7) is 4.14. The van der Waals surface area contributed by atoms with Crippen molar-refractivity contribution in [2.45, 2.75) is 69.9 Å². The van der Waals surface area contributed by atoms with Crippen molar-refractivity contribution in [3.05, 3.63) is 35.4 Å². The zero-order valence-corrected chi connectivity index (χ0v) is 13.4. The summed E-state index contributed by atoms with van der Waals surface area (Å²) in [4.78, 5) is 2.67. The highest BCUT2D eigenvalue weighted by molar-refractivity contribution is 5.31. The first-order valence-corrected chi connectivity index (χ1v) is 8.89. The number of hydrogen-bond acceptors (Lipinski definition) is 2. The molecule has 2 aliphatic carbocycles. The number of nitrogens with zero attached hydrogens (tertiary/aromatic N) is 1. The Morgan fingerprint density at radius 1 is 1.14 bits per heavy atom. The van der Waals surface area contributed by atoms with Gasteiger partial charge in [0.25, 0.3) is 0 Å². The van der Waals surface area contributed by atoms with Crippen LogP contribution in [0.3, 0.4) is 0 Å². The van der Waals surface area contributed by atoms with Crippen LogP contribution in [0.15, 0.2) is 24.3 Å². The van der Waals surface area contributed by atoms with Gasteiger partial charge in [-0.25, -0.2) is 0 Å². The summed E-state index contributed by atoms with van der Waals surface area (Å²) in [7, 11) is 0. The Bertz CT molecular complexity index is 447. The van der Waals surface area contributed by atoms with Crippen molar-refractivity contribution in [2.75, 3.05) is 13.1 Å². The molecule has 2 saturated carbocycles. The van der Waals surface area contributed by atoms with E-state index in [-0.39, 0.29) is 0 Å². The second-order valence-electron chi connectivity index (χ2n) is 6.82. The van der Waals surface area contributed by atoms with Crippen molar-refractivity contribution >= 4 is 0 Å². The summed E-state index contributed by atoms with van der Waals surface area (Å²) in [5.41, 5.74) is 9.16. The number of likely N-dealkylation sites (N-methyl/N-ethyl adjacent to an activating group) is 1. The summed E-state index contributed by atoms with van der Waals surface area (Å²) in [6.07, 6.45) is 9.65. The summed E-state index contributed by atoms with van der Waals surface area (Å²) in [6, 6.07) is 10.4. The Labute approximate surface area is 129 Å². The third-order valence-corrected chi connectivity index (χ3v) is 5.38. The normalized spacial score (nSPS) is 21.7. The molecule has 0 saturated heterocycles. The maximum atomic E-state index is 6.19. The summed E-state index contributed by atoms with van der Waals surface area (Å²) >= 11 is 0. The summed E-state index contributed by atoms with van der Waals surface area (Å²) in [5.74, 6) is 0.827. The molecule has 0 bridgehead atoms. The molecule has 0 heterocycles. The van der Waals surface area contributed by atoms with E-state index in [1.54, 1.807) is 0 Å². The molecule has 3 rings (SSSR count). The molecular weight excluding hydrogens is 256 g/mol. The SMILES string of the molecule is CCN(C1CCCCC1)C(CN)c1cccc(C2CC2)c1. The number of benzene rings is 1. The summed E-state index contributed by atoms with van der Waals surface area (Å²) < 4.78 is 0. The van der Waals surface area contributed by atoms with Gasteiger partial charge in [-0.3, -0.25) is 4.90 Å². The quantitative estimate of drug-likeness (QED) is 0.848. The van der Waals surface area contributed by atoms with Gasteiger partial charge >= 0.3 is 0 Å². The zero-order valence-electron chi connectivity index (χ0n) is 13.4. The van der Waals surface area contributed by atoms with Gasteiger partial charge in [0.1, 0.15) is 0 Å². The maximum absolute atomic E-state index is 6.19. The smallest absolute Gasteiger partial charge is 0.0473 e. The van der Waals surface area contributed by atoms with Crippen LogP contribution in [0, 0.1) is 0 Å². The third-order valence-electron chi connectivity index (χ3n) is 5.38. The Kier molecular flexibility index (Phi) is 4.97. The van der Waals surface area contributed by atoms with Crippen LogP contribution in [0.5, 0.6) is 0 Å². The van der Waals surface area contributed by atoms with Crippen LogP contribution in [0.1, 0.15) is 75.0 Å². The van der Waals surface area contributed by atoms with Gasteiger partial charge < -0.3 is 5.73 Å². The molecule has 1 aromatic carbocycles. The Hall–Kier alpha value is -0.860. The second-order valence-corrected chi connectivity index (χ2v) is 6.82. The maximum Gasteiger partial charge on any atom is 0.0473 e. The lowest BCUT2D eigenvalue weighted by molar-refractivity contribution is 0.114. The molecule has 2 heteroatoms. The third kappa shape index (κ3) is 3.49. The van der Waals surface area contributed by atoms with E-state index >= 15 is 0 Å². The minimum absolute atomic E-state index is 0.400. The molecule has 2 aliphatic rings. The zero-order chi connectivity index (χ0) is 14.7. The standard InChI is InChI=1S/C19H30N2/c1-2-21(18-9-4-3-5-10-18)19(14-20)17-8-6-7-16(13-17)15-11-12-15/h6-8,13,15,18-19H,2-5,9-12,14,20H2,1H3. The summed E-state index contributed by atoms with van der Waals surface area (Å²) in [5, 5.41) is 0. The lowest BCUT2D eigenvalue weighted by Crippen LogP contribution is -2.42. The van der Waals surface area contributed by atoms with Gasteiger partial charge in [-0.1, -0.05) is 50.5 Å². The lowest BCUT2D eigenvalue weighted by Gasteiger charge is -2.39. The highest BCUT2D eigenvalue weighted by Crippen LogP contribution is 2.41. The van der Waals surface area contributed by atoms with Crippen LogP contribution in [0.25, 0.3) is 0 Å². The fourth-order valence-electron chi connectivity index (χ4n) is 4.05. The van der Waals surface area contributed by atoms with E-state index < -0.39 is 0 Å². The molecule has 2 fully saturated rings. The van der Waals surface area contributed by atoms with Crippen LogP contribution < -0.4 is 5.73 Å². The Balaban J connectivity index is 1.79. The van der Waals surface area contributed by atoms with Crippen molar-refractivity contribution in [1.82, 2.24) is 4.90 Å². The molecule has 1 aromatic rings. The molecule has 116 valence electrons. The highest BCUT2D eigenvalue weighted by Gasteiger charge is 2.28. The topological polar surface area (TPSA) is 29.3 Å². The van der Waals surface area contributed by atoms with Gasteiger partial charge in [-0.05, 0) is 49.3 Å². The van der Waals surface area contributed by atoms with Crippen molar-refractivity contribution in [2.24, 2.45) is 5.73 Å².